The molecule has 5 aromatic rings. The van der Waals surface area contributed by atoms with E-state index in [1.807, 2.05) is 32.2 Å². The first kappa shape index (κ1) is 30.1. The summed E-state index contributed by atoms with van der Waals surface area (Å²) >= 11 is 0. The Morgan fingerprint density at radius 2 is 1.85 bits per heavy atom. The molecule has 238 valence electrons. The number of amides is 2. The highest BCUT2D eigenvalue weighted by Crippen LogP contribution is 2.33. The van der Waals surface area contributed by atoms with Crippen molar-refractivity contribution in [2.75, 3.05) is 24.2 Å². The predicted octanol–water partition coefficient (Wildman–Crippen LogP) is 4.94. The smallest absolute Gasteiger partial charge is 0.273 e. The third kappa shape index (κ3) is 5.46. The number of nitrogens with zero attached hydrogens (tertiary/aromatic N) is 5. The SMILES string of the molecule is CCn1cc(-c2cnc(N)c(-c3ccc(NC(=O)c4cn5c(c(-c6ccc(C)cc6)c4=O)C(=O)N4CCCOC4C5)cc3F)c2)cn1. The Hall–Kier alpha value is -5.62. The molecule has 0 spiro atoms. The van der Waals surface area contributed by atoms with Gasteiger partial charge in [0.15, 0.2) is 6.23 Å². The van der Waals surface area contributed by atoms with Crippen molar-refractivity contribution < 1.29 is 18.7 Å². The lowest BCUT2D eigenvalue weighted by Gasteiger charge is -2.41. The van der Waals surface area contributed by atoms with Crippen LogP contribution in [0.3, 0.4) is 0 Å². The van der Waals surface area contributed by atoms with E-state index < -0.39 is 23.4 Å². The van der Waals surface area contributed by atoms with Gasteiger partial charge in [-0.1, -0.05) is 29.8 Å². The van der Waals surface area contributed by atoms with E-state index in [0.717, 1.165) is 16.7 Å². The zero-order chi connectivity index (χ0) is 32.8. The van der Waals surface area contributed by atoms with E-state index in [1.165, 1.54) is 24.4 Å². The van der Waals surface area contributed by atoms with Gasteiger partial charge >= 0.3 is 0 Å². The molecule has 2 amide bonds. The Balaban J connectivity index is 1.23. The molecule has 0 aliphatic carbocycles. The number of carbonyl (C=O) groups excluding carboxylic acids is 2. The number of rotatable bonds is 6. The molecule has 11 nitrogen and oxygen atoms in total. The summed E-state index contributed by atoms with van der Waals surface area (Å²) < 4.78 is 24.9. The van der Waals surface area contributed by atoms with Crippen LogP contribution in [0.5, 0.6) is 0 Å². The quantitative estimate of drug-likeness (QED) is 0.270. The van der Waals surface area contributed by atoms with Gasteiger partial charge < -0.3 is 25.3 Å². The van der Waals surface area contributed by atoms with E-state index >= 15 is 4.39 Å². The van der Waals surface area contributed by atoms with Crippen LogP contribution in [0.25, 0.3) is 33.4 Å². The molecule has 1 fully saturated rings. The fraction of sp³-hybridized carbons (Fsp3) is 0.229. The number of hydrogen-bond donors (Lipinski definition) is 2. The van der Waals surface area contributed by atoms with E-state index in [0.29, 0.717) is 37.2 Å². The van der Waals surface area contributed by atoms with Crippen LogP contribution in [-0.4, -0.2) is 55.4 Å². The number of hydrogen-bond acceptors (Lipinski definition) is 7. The van der Waals surface area contributed by atoms with Gasteiger partial charge in [-0.05, 0) is 50.1 Å². The highest BCUT2D eigenvalue weighted by molar-refractivity contribution is 6.07. The van der Waals surface area contributed by atoms with Gasteiger partial charge in [0, 0.05) is 59.6 Å². The van der Waals surface area contributed by atoms with E-state index in [1.54, 1.807) is 44.7 Å². The lowest BCUT2D eigenvalue weighted by atomic mass is 9.97. The molecule has 2 aliphatic heterocycles. The maximum absolute atomic E-state index is 15.6. The number of ether oxygens (including phenoxy) is 1. The van der Waals surface area contributed by atoms with E-state index in [9.17, 15) is 14.4 Å². The third-order valence-electron chi connectivity index (χ3n) is 8.61. The van der Waals surface area contributed by atoms with Crippen molar-refractivity contribution in [3.8, 4) is 33.4 Å². The summed E-state index contributed by atoms with van der Waals surface area (Å²) in [5.74, 6) is -1.55. The van der Waals surface area contributed by atoms with Gasteiger partial charge in [-0.25, -0.2) is 9.37 Å². The van der Waals surface area contributed by atoms with Gasteiger partial charge in [-0.3, -0.25) is 19.1 Å². The number of nitrogens with two attached hydrogens (primary N) is 1. The minimum absolute atomic E-state index is 0.139. The monoisotopic (exact) mass is 633 g/mol. The number of carbonyl (C=O) groups is 2. The van der Waals surface area contributed by atoms with E-state index in [2.05, 4.69) is 15.4 Å². The topological polar surface area (TPSA) is 137 Å². The number of anilines is 2. The number of nitrogen functional groups attached to an aromatic ring is 1. The minimum atomic E-state index is -0.735. The molecule has 2 aromatic carbocycles. The fourth-order valence-electron chi connectivity index (χ4n) is 6.11. The van der Waals surface area contributed by atoms with Gasteiger partial charge in [0.05, 0.1) is 24.9 Å². The lowest BCUT2D eigenvalue weighted by molar-refractivity contribution is -0.0916. The number of nitrogens with one attached hydrogen (secondary N) is 1. The minimum Gasteiger partial charge on any atom is -0.383 e. The summed E-state index contributed by atoms with van der Waals surface area (Å²) in [4.78, 5) is 47.2. The largest absolute Gasteiger partial charge is 0.383 e. The van der Waals surface area contributed by atoms with Crippen LogP contribution in [0.2, 0.25) is 0 Å². The average Bonchev–Trinajstić information content (AvgIpc) is 3.56. The van der Waals surface area contributed by atoms with Crippen molar-refractivity contribution in [3.05, 3.63) is 106 Å². The normalized spacial score (nSPS) is 15.7. The first-order chi connectivity index (χ1) is 22.7. The van der Waals surface area contributed by atoms with Crippen LogP contribution in [-0.2, 0) is 17.8 Å². The second-order valence-corrected chi connectivity index (χ2v) is 11.7. The van der Waals surface area contributed by atoms with Crippen molar-refractivity contribution >= 4 is 23.3 Å². The highest BCUT2D eigenvalue weighted by Gasteiger charge is 2.38. The molecule has 0 radical (unpaired) electrons. The summed E-state index contributed by atoms with van der Waals surface area (Å²) in [6.07, 6.45) is 6.76. The van der Waals surface area contributed by atoms with Crippen LogP contribution in [0.1, 0.15) is 39.8 Å². The summed E-state index contributed by atoms with van der Waals surface area (Å²) in [6.45, 7) is 5.89. The highest BCUT2D eigenvalue weighted by atomic mass is 19.1. The van der Waals surface area contributed by atoms with Gasteiger partial charge in [0.2, 0.25) is 5.43 Å². The van der Waals surface area contributed by atoms with Crippen LogP contribution >= 0.6 is 0 Å². The second-order valence-electron chi connectivity index (χ2n) is 11.7. The maximum Gasteiger partial charge on any atom is 0.273 e. The molecule has 1 saturated heterocycles. The molecule has 7 rings (SSSR count). The molecule has 3 aromatic heterocycles. The van der Waals surface area contributed by atoms with Crippen molar-refractivity contribution in [2.45, 2.75) is 39.6 Å². The van der Waals surface area contributed by atoms with Crippen molar-refractivity contribution in [3.63, 3.8) is 0 Å². The molecule has 0 saturated carbocycles. The van der Waals surface area contributed by atoms with Crippen LogP contribution in [0.15, 0.2) is 78.1 Å². The Morgan fingerprint density at radius 3 is 2.60 bits per heavy atom. The number of benzene rings is 2. The Kier molecular flexibility index (Phi) is 7.64. The molecular weight excluding hydrogens is 601 g/mol. The molecule has 3 N–H and O–H groups in total. The molecule has 2 aliphatic rings. The number of aryl methyl sites for hydroxylation is 2. The number of pyridine rings is 2. The van der Waals surface area contributed by atoms with Gasteiger partial charge in [-0.15, -0.1) is 0 Å². The summed E-state index contributed by atoms with van der Waals surface area (Å²) in [5, 5.41) is 6.95. The summed E-state index contributed by atoms with van der Waals surface area (Å²) in [5.41, 5.74) is 9.49. The first-order valence-corrected chi connectivity index (χ1v) is 15.4. The van der Waals surface area contributed by atoms with Gasteiger partial charge in [-0.2, -0.15) is 5.10 Å². The zero-order valence-corrected chi connectivity index (χ0v) is 25.9. The van der Waals surface area contributed by atoms with Crippen molar-refractivity contribution in [1.82, 2.24) is 24.2 Å². The number of halogens is 1. The zero-order valence-electron chi connectivity index (χ0n) is 25.9. The Morgan fingerprint density at radius 1 is 1.04 bits per heavy atom. The standard InChI is InChI=1S/C35H32FN7O4/c1-3-42-17-23(16-39-42)22-13-26(33(37)38-15-22)25-10-9-24(14-28(25)36)40-34(45)27-18-41-19-29-43(11-4-12-47-29)35(46)31(41)30(32(27)44)21-7-5-20(2)6-8-21/h5-10,13-18,29H,3-4,11-12,19H2,1-2H3,(H2,37,38)(H,40,45). The summed E-state index contributed by atoms with van der Waals surface area (Å²) in [6, 6.07) is 13.2. The van der Waals surface area contributed by atoms with E-state index in [4.69, 9.17) is 10.5 Å². The maximum atomic E-state index is 15.6. The molecule has 1 atom stereocenters. The second kappa shape index (κ2) is 12.0. The van der Waals surface area contributed by atoms with Crippen LogP contribution in [0.4, 0.5) is 15.9 Å². The van der Waals surface area contributed by atoms with Crippen LogP contribution in [0, 0.1) is 12.7 Å². The lowest BCUT2D eigenvalue weighted by Crippen LogP contribution is -2.53. The molecule has 1 unspecified atom stereocenters. The Labute approximate surface area is 269 Å². The molecule has 0 bridgehead atoms. The van der Waals surface area contributed by atoms with Crippen LogP contribution < -0.4 is 16.5 Å². The van der Waals surface area contributed by atoms with Crippen molar-refractivity contribution in [2.24, 2.45) is 0 Å². The van der Waals surface area contributed by atoms with E-state index in [-0.39, 0.29) is 46.3 Å². The Bertz CT molecular complexity index is 2100. The van der Waals surface area contributed by atoms with Crippen molar-refractivity contribution in [1.29, 1.82) is 0 Å². The molecule has 12 heteroatoms. The molecule has 47 heavy (non-hydrogen) atoms. The molecular formula is C35H32FN7O4. The molecule has 5 heterocycles. The van der Waals surface area contributed by atoms with Gasteiger partial charge in [0.1, 0.15) is 22.9 Å². The van der Waals surface area contributed by atoms with Gasteiger partial charge in [0.25, 0.3) is 11.8 Å². The average molecular weight is 634 g/mol. The summed E-state index contributed by atoms with van der Waals surface area (Å²) in [7, 11) is 0. The number of aromatic nitrogens is 4. The fourth-order valence-corrected chi connectivity index (χ4v) is 6.11. The third-order valence-corrected chi connectivity index (χ3v) is 8.61. The first-order valence-electron chi connectivity index (χ1n) is 15.4. The number of fused-ring (bicyclic) bond motifs is 2. The predicted molar refractivity (Wildman–Crippen MR) is 175 cm³/mol.